The molecule has 0 radical (unpaired) electrons. The molecule has 0 aromatic rings. The highest BCUT2D eigenvalue weighted by Crippen LogP contribution is 2.47. The number of rotatable bonds is 8. The molecule has 2 N–H and O–H groups in total. The molecule has 5 heteroatoms. The van der Waals surface area contributed by atoms with Gasteiger partial charge in [-0.05, 0) is 97.1 Å². The van der Waals surface area contributed by atoms with E-state index in [9.17, 15) is 5.11 Å². The molecule has 214 valence electrons. The molecule has 0 spiro atoms. The van der Waals surface area contributed by atoms with Gasteiger partial charge in [0.25, 0.3) is 0 Å². The van der Waals surface area contributed by atoms with Crippen LogP contribution in [0, 0.1) is 5.41 Å². The summed E-state index contributed by atoms with van der Waals surface area (Å²) in [5.41, 5.74) is 14.1. The van der Waals surface area contributed by atoms with Gasteiger partial charge in [0.2, 0.25) is 0 Å². The van der Waals surface area contributed by atoms with Crippen molar-refractivity contribution < 1.29 is 5.11 Å². The quantitative estimate of drug-likeness (QED) is 0.317. The minimum absolute atomic E-state index is 0.393. The molecule has 0 saturated heterocycles. The molecular weight excluding hydrogens is 504 g/mol. The molecule has 0 aliphatic carbocycles. The van der Waals surface area contributed by atoms with Crippen molar-refractivity contribution in [2.45, 2.75) is 93.4 Å². The van der Waals surface area contributed by atoms with Crippen molar-refractivity contribution in [2.75, 3.05) is 0 Å². The molecule has 0 unspecified atom stereocenters. The number of hydrogen-bond donors (Lipinski definition) is 2. The van der Waals surface area contributed by atoms with Crippen LogP contribution in [0.4, 0.5) is 0 Å². The molecular formula is C36H44N4O. The van der Waals surface area contributed by atoms with Gasteiger partial charge < -0.3 is 10.4 Å². The smallest absolute Gasteiger partial charge is 0.128 e. The first kappa shape index (κ1) is 28.8. The van der Waals surface area contributed by atoms with Gasteiger partial charge in [-0.3, -0.25) is 0 Å². The molecule has 41 heavy (non-hydrogen) atoms. The number of aliphatic hydroxyl groups excluding tert-OH is 1. The lowest BCUT2D eigenvalue weighted by molar-refractivity contribution is 0.250. The number of nitrogens with one attached hydrogen (secondary N) is 1. The van der Waals surface area contributed by atoms with Gasteiger partial charge in [-0.25, -0.2) is 15.0 Å². The van der Waals surface area contributed by atoms with Crippen molar-refractivity contribution in [3.63, 3.8) is 0 Å². The number of allylic oxidation sites excluding steroid dienone is 11. The molecule has 5 nitrogen and oxygen atoms in total. The average Bonchev–Trinajstić information content (AvgIpc) is 3.67. The third kappa shape index (κ3) is 4.41. The van der Waals surface area contributed by atoms with Crippen molar-refractivity contribution in [2.24, 2.45) is 20.4 Å². The Hall–Kier alpha value is -3.73. The zero-order chi connectivity index (χ0) is 29.5. The number of aliphatic hydroxyl groups is 1. The third-order valence-electron chi connectivity index (χ3n) is 9.38. The molecule has 0 aromatic heterocycles. The fourth-order valence-electron chi connectivity index (χ4n) is 7.07. The van der Waals surface area contributed by atoms with E-state index in [1.807, 2.05) is 12.2 Å². The summed E-state index contributed by atoms with van der Waals surface area (Å²) in [5, 5.41) is 15.4. The molecule has 5 heterocycles. The van der Waals surface area contributed by atoms with E-state index in [0.717, 1.165) is 96.1 Å². The highest BCUT2D eigenvalue weighted by molar-refractivity contribution is 6.19. The summed E-state index contributed by atoms with van der Waals surface area (Å²) in [5.74, 6) is 0.393. The van der Waals surface area contributed by atoms with Crippen LogP contribution >= 0.6 is 0 Å². The summed E-state index contributed by atoms with van der Waals surface area (Å²) in [6.45, 7) is 19.4. The first-order valence-electron chi connectivity index (χ1n) is 15.5. The highest BCUT2D eigenvalue weighted by atomic mass is 16.3. The minimum atomic E-state index is -0.491. The molecule has 0 amide bonds. The zero-order valence-corrected chi connectivity index (χ0v) is 25.8. The van der Waals surface area contributed by atoms with E-state index in [1.165, 1.54) is 27.9 Å². The Morgan fingerprint density at radius 3 is 1.63 bits per heavy atom. The number of nitrogens with zero attached hydrogens (tertiary/aromatic N) is 3. The normalized spacial score (nSPS) is 21.5. The van der Waals surface area contributed by atoms with Crippen molar-refractivity contribution in [1.29, 1.82) is 0 Å². The molecule has 0 aromatic carbocycles. The van der Waals surface area contributed by atoms with Gasteiger partial charge in [0.05, 0.1) is 45.3 Å². The van der Waals surface area contributed by atoms with Gasteiger partial charge >= 0.3 is 0 Å². The summed E-state index contributed by atoms with van der Waals surface area (Å²) in [6, 6.07) is 0. The summed E-state index contributed by atoms with van der Waals surface area (Å²) in [6.07, 6.45) is 16.4. The third-order valence-corrected chi connectivity index (χ3v) is 9.38. The van der Waals surface area contributed by atoms with Crippen LogP contribution in [0.25, 0.3) is 0 Å². The van der Waals surface area contributed by atoms with E-state index < -0.39 is 5.41 Å². The molecule has 0 atom stereocenters. The zero-order valence-electron chi connectivity index (χ0n) is 25.8. The van der Waals surface area contributed by atoms with E-state index in [1.54, 1.807) is 0 Å². The minimum Gasteiger partial charge on any atom is -0.509 e. The fraction of sp³-hybridized carbons (Fsp3) is 0.417. The second-order valence-corrected chi connectivity index (χ2v) is 11.1. The first-order valence-corrected chi connectivity index (χ1v) is 15.5. The Bertz CT molecular complexity index is 1550. The summed E-state index contributed by atoms with van der Waals surface area (Å²) in [7, 11) is 0. The molecule has 8 bridgehead atoms. The van der Waals surface area contributed by atoms with Crippen LogP contribution in [0.5, 0.6) is 0 Å². The van der Waals surface area contributed by atoms with Crippen LogP contribution in [-0.2, 0) is 0 Å². The Morgan fingerprint density at radius 1 is 0.659 bits per heavy atom. The number of fused-ring (bicyclic) bond motifs is 5. The van der Waals surface area contributed by atoms with Crippen molar-refractivity contribution in [3.8, 4) is 0 Å². The van der Waals surface area contributed by atoms with E-state index >= 15 is 0 Å². The Balaban J connectivity index is 1.86. The summed E-state index contributed by atoms with van der Waals surface area (Å²) < 4.78 is 0. The number of hydrogen-bond acceptors (Lipinski definition) is 5. The van der Waals surface area contributed by atoms with Crippen LogP contribution in [0.2, 0.25) is 0 Å². The van der Waals surface area contributed by atoms with Gasteiger partial charge in [-0.1, -0.05) is 61.1 Å². The predicted molar refractivity (Wildman–Crippen MR) is 173 cm³/mol. The van der Waals surface area contributed by atoms with Crippen molar-refractivity contribution in [1.82, 2.24) is 5.32 Å². The first-order chi connectivity index (χ1) is 19.8. The highest BCUT2D eigenvalue weighted by Gasteiger charge is 2.43. The van der Waals surface area contributed by atoms with Gasteiger partial charge in [-0.15, -0.1) is 0 Å². The molecule has 5 aliphatic heterocycles. The summed E-state index contributed by atoms with van der Waals surface area (Å²) >= 11 is 0. The van der Waals surface area contributed by atoms with Crippen LogP contribution < -0.4 is 5.32 Å². The second-order valence-electron chi connectivity index (χ2n) is 11.1. The van der Waals surface area contributed by atoms with Crippen LogP contribution in [0.3, 0.4) is 0 Å². The van der Waals surface area contributed by atoms with Gasteiger partial charge in [-0.2, -0.15) is 0 Å². The average molecular weight is 549 g/mol. The second kappa shape index (κ2) is 11.3. The Morgan fingerprint density at radius 2 is 1.12 bits per heavy atom. The molecule has 5 aliphatic rings. The van der Waals surface area contributed by atoms with E-state index in [-0.39, 0.29) is 0 Å². The maximum absolute atomic E-state index is 11.8. The standard InChI is InChI=1S/C36H44N4O/c1-9-21-22(10-2)28-18-30-25(13-5)26(14-6)32(39-30)20-34-36(15-7,16-8)35(41)33(40-34)19-31-24(12-4)23(11-3)29(38-31)17-27(21)37-28/h10,17-20,40-41H,2,9,11-16H2,1,3-8H3. The Kier molecular flexibility index (Phi) is 7.91. The predicted octanol–water partition coefficient (Wildman–Crippen LogP) is 9.20. The lowest BCUT2D eigenvalue weighted by Gasteiger charge is -2.28. The lowest BCUT2D eigenvalue weighted by Crippen LogP contribution is -2.25. The van der Waals surface area contributed by atoms with Crippen LogP contribution in [0.1, 0.15) is 93.4 Å². The SMILES string of the molecule is C=CC1=C(CC)C2=CC3=NC(=CC4=C(O)C(CC)(CC)C(=CC5=NC(=CC1=N2)C(CC)=C5CC)N4)C(CC)=C3CC. The van der Waals surface area contributed by atoms with Gasteiger partial charge in [0, 0.05) is 11.3 Å². The van der Waals surface area contributed by atoms with Gasteiger partial charge in [0.1, 0.15) is 5.76 Å². The van der Waals surface area contributed by atoms with E-state index in [4.69, 9.17) is 15.0 Å². The van der Waals surface area contributed by atoms with E-state index in [0.29, 0.717) is 5.76 Å². The maximum Gasteiger partial charge on any atom is 0.128 e. The maximum atomic E-state index is 11.8. The van der Waals surface area contributed by atoms with Gasteiger partial charge in [0.15, 0.2) is 0 Å². The largest absolute Gasteiger partial charge is 0.509 e. The monoisotopic (exact) mass is 548 g/mol. The van der Waals surface area contributed by atoms with Crippen molar-refractivity contribution >= 4 is 17.1 Å². The Labute approximate surface area is 245 Å². The van der Waals surface area contributed by atoms with Crippen LogP contribution in [-0.4, -0.2) is 22.2 Å². The van der Waals surface area contributed by atoms with E-state index in [2.05, 4.69) is 78.6 Å². The molecule has 0 saturated carbocycles. The fourth-order valence-corrected chi connectivity index (χ4v) is 7.07. The van der Waals surface area contributed by atoms with Crippen LogP contribution in [0.15, 0.2) is 120 Å². The number of aliphatic imine (C=N–C) groups is 3. The molecule has 5 rings (SSSR count). The lowest BCUT2D eigenvalue weighted by atomic mass is 9.78. The summed E-state index contributed by atoms with van der Waals surface area (Å²) in [4.78, 5) is 15.5. The van der Waals surface area contributed by atoms with Crippen molar-refractivity contribution in [3.05, 3.63) is 105 Å². The molecule has 0 fully saturated rings. The topological polar surface area (TPSA) is 69.3 Å².